The monoisotopic (exact) mass is 289 g/mol. The van der Waals surface area contributed by atoms with E-state index in [2.05, 4.69) is 20.2 Å². The van der Waals surface area contributed by atoms with E-state index in [4.69, 9.17) is 0 Å². The fourth-order valence-electron chi connectivity index (χ4n) is 1.63. The molecule has 0 spiro atoms. The predicted octanol–water partition coefficient (Wildman–Crippen LogP) is 3.82. The summed E-state index contributed by atoms with van der Waals surface area (Å²) < 4.78 is 15.3. The first-order chi connectivity index (χ1) is 7.29. The minimum Gasteiger partial charge on any atom is -0.242 e. The Morgan fingerprint density at radius 3 is 3.07 bits per heavy atom. The molecule has 1 aromatic rings. The van der Waals surface area contributed by atoms with Gasteiger partial charge in [0.1, 0.15) is 5.82 Å². The molecule has 0 aromatic heterocycles. The van der Waals surface area contributed by atoms with Crippen LogP contribution in [-0.4, -0.2) is 16.2 Å². The molecule has 15 heavy (non-hydrogen) atoms. The molecule has 0 saturated carbocycles. The van der Waals surface area contributed by atoms with Crippen LogP contribution in [0.4, 0.5) is 4.39 Å². The summed E-state index contributed by atoms with van der Waals surface area (Å²) in [5.74, 6) is -0.128. The van der Waals surface area contributed by atoms with Crippen molar-refractivity contribution in [3.8, 4) is 0 Å². The number of nitrogens with zero attached hydrogens (tertiary/aromatic N) is 1. The van der Waals surface area contributed by atoms with Gasteiger partial charge in [0.15, 0.2) is 0 Å². The molecule has 0 aliphatic carbocycles. The number of hydrogen-bond donors (Lipinski definition) is 0. The first kappa shape index (κ1) is 11.4. The van der Waals surface area contributed by atoms with Gasteiger partial charge in [0.2, 0.25) is 0 Å². The lowest BCUT2D eigenvalue weighted by atomic mass is 10.2. The van der Waals surface area contributed by atoms with Gasteiger partial charge < -0.3 is 0 Å². The second kappa shape index (κ2) is 5.32. The predicted molar refractivity (Wildman–Crippen MR) is 65.7 cm³/mol. The van der Waals surface area contributed by atoms with Crippen molar-refractivity contribution in [2.45, 2.75) is 24.3 Å². The molecule has 0 N–H and O–H groups in total. The van der Waals surface area contributed by atoms with E-state index in [-0.39, 0.29) is 5.82 Å². The van der Waals surface area contributed by atoms with Gasteiger partial charge in [-0.1, -0.05) is 15.9 Å². The number of rotatable bonds is 4. The number of halogens is 2. The van der Waals surface area contributed by atoms with Crippen molar-refractivity contribution >= 4 is 27.9 Å². The SMILES string of the molecule is Fc1ccc2c(c1)CN(CCCCBr)S2. The summed E-state index contributed by atoms with van der Waals surface area (Å²) in [7, 11) is 0. The van der Waals surface area contributed by atoms with E-state index in [1.165, 1.54) is 23.8 Å². The van der Waals surface area contributed by atoms with E-state index in [0.717, 1.165) is 24.0 Å². The molecule has 1 nitrogen and oxygen atoms in total. The number of benzene rings is 1. The third kappa shape index (κ3) is 2.95. The van der Waals surface area contributed by atoms with Crippen molar-refractivity contribution in [3.05, 3.63) is 29.6 Å². The zero-order chi connectivity index (χ0) is 10.7. The lowest BCUT2D eigenvalue weighted by Gasteiger charge is -2.11. The second-order valence-corrected chi connectivity index (χ2v) is 5.53. The van der Waals surface area contributed by atoms with E-state index < -0.39 is 0 Å². The number of hydrogen-bond acceptors (Lipinski definition) is 2. The first-order valence-electron chi connectivity index (χ1n) is 5.07. The molecular weight excluding hydrogens is 277 g/mol. The van der Waals surface area contributed by atoms with Gasteiger partial charge in [0.25, 0.3) is 0 Å². The maximum absolute atomic E-state index is 13.0. The van der Waals surface area contributed by atoms with Crippen molar-refractivity contribution in [2.24, 2.45) is 0 Å². The van der Waals surface area contributed by atoms with Crippen molar-refractivity contribution in [2.75, 3.05) is 11.9 Å². The highest BCUT2D eigenvalue weighted by molar-refractivity contribution is 9.09. The van der Waals surface area contributed by atoms with Crippen LogP contribution in [0, 0.1) is 5.82 Å². The zero-order valence-electron chi connectivity index (χ0n) is 8.38. The second-order valence-electron chi connectivity index (χ2n) is 3.60. The molecule has 0 amide bonds. The Morgan fingerprint density at radius 2 is 2.27 bits per heavy atom. The highest BCUT2D eigenvalue weighted by atomic mass is 79.9. The summed E-state index contributed by atoms with van der Waals surface area (Å²) in [6.45, 7) is 1.95. The fraction of sp³-hybridized carbons (Fsp3) is 0.455. The van der Waals surface area contributed by atoms with Crippen LogP contribution in [0.25, 0.3) is 0 Å². The Kier molecular flexibility index (Phi) is 4.05. The molecule has 0 fully saturated rings. The average molecular weight is 290 g/mol. The molecule has 4 heteroatoms. The summed E-state index contributed by atoms with van der Waals surface area (Å²) in [5, 5.41) is 1.06. The quantitative estimate of drug-likeness (QED) is 0.471. The fourth-order valence-corrected chi connectivity index (χ4v) is 3.10. The highest BCUT2D eigenvalue weighted by Crippen LogP contribution is 2.36. The van der Waals surface area contributed by atoms with E-state index in [1.54, 1.807) is 18.0 Å². The Balaban J connectivity index is 1.91. The Morgan fingerprint density at radius 1 is 1.40 bits per heavy atom. The third-order valence-electron chi connectivity index (χ3n) is 2.39. The van der Waals surface area contributed by atoms with E-state index >= 15 is 0 Å². The summed E-state index contributed by atoms with van der Waals surface area (Å²) >= 11 is 5.17. The molecule has 1 aromatic carbocycles. The van der Waals surface area contributed by atoms with Gasteiger partial charge in [-0.15, -0.1) is 0 Å². The summed E-state index contributed by atoms with van der Waals surface area (Å²) in [6.07, 6.45) is 2.39. The van der Waals surface area contributed by atoms with Crippen molar-refractivity contribution in [3.63, 3.8) is 0 Å². The van der Waals surface area contributed by atoms with Crippen LogP contribution in [-0.2, 0) is 6.54 Å². The Bertz CT molecular complexity index is 345. The van der Waals surface area contributed by atoms with Crippen LogP contribution in [0.1, 0.15) is 18.4 Å². The van der Waals surface area contributed by atoms with E-state index in [0.29, 0.717) is 0 Å². The Hall–Kier alpha value is -0.0600. The Labute approximate surface area is 102 Å². The number of fused-ring (bicyclic) bond motifs is 1. The molecule has 0 unspecified atom stereocenters. The maximum atomic E-state index is 13.0. The number of unbranched alkanes of at least 4 members (excludes halogenated alkanes) is 1. The van der Waals surface area contributed by atoms with E-state index in [9.17, 15) is 4.39 Å². The van der Waals surface area contributed by atoms with Crippen LogP contribution < -0.4 is 0 Å². The minimum atomic E-state index is -0.128. The van der Waals surface area contributed by atoms with Crippen molar-refractivity contribution < 1.29 is 4.39 Å². The molecule has 0 atom stereocenters. The van der Waals surface area contributed by atoms with Crippen LogP contribution in [0.5, 0.6) is 0 Å². The standard InChI is InChI=1S/C11H13BrFNS/c12-5-1-2-6-14-8-9-7-10(13)3-4-11(9)15-14/h3-4,7H,1-2,5-6,8H2. The van der Waals surface area contributed by atoms with Gasteiger partial charge >= 0.3 is 0 Å². The van der Waals surface area contributed by atoms with Gasteiger partial charge in [-0.25, -0.2) is 8.70 Å². The van der Waals surface area contributed by atoms with Gasteiger partial charge in [-0.05, 0) is 48.6 Å². The van der Waals surface area contributed by atoms with Crippen LogP contribution in [0.15, 0.2) is 23.1 Å². The first-order valence-corrected chi connectivity index (χ1v) is 6.96. The molecule has 1 aliphatic rings. The molecule has 0 saturated heterocycles. The molecule has 1 aliphatic heterocycles. The minimum absolute atomic E-state index is 0.128. The number of alkyl halides is 1. The van der Waals surface area contributed by atoms with Gasteiger partial charge in [0.05, 0.1) is 0 Å². The van der Waals surface area contributed by atoms with Crippen molar-refractivity contribution in [1.82, 2.24) is 4.31 Å². The molecule has 0 radical (unpaired) electrons. The lowest BCUT2D eigenvalue weighted by Crippen LogP contribution is -2.11. The topological polar surface area (TPSA) is 3.24 Å². The van der Waals surface area contributed by atoms with Crippen LogP contribution >= 0.6 is 27.9 Å². The molecule has 1 heterocycles. The van der Waals surface area contributed by atoms with Gasteiger partial charge in [-0.3, -0.25) is 0 Å². The average Bonchev–Trinajstić information content (AvgIpc) is 2.60. The molecule has 82 valence electrons. The summed E-state index contributed by atoms with van der Waals surface area (Å²) in [6, 6.07) is 5.06. The molecular formula is C11H13BrFNS. The summed E-state index contributed by atoms with van der Waals surface area (Å²) in [4.78, 5) is 1.20. The third-order valence-corrected chi connectivity index (χ3v) is 4.11. The van der Waals surface area contributed by atoms with Crippen LogP contribution in [0.3, 0.4) is 0 Å². The lowest BCUT2D eigenvalue weighted by molar-refractivity contribution is 0.463. The molecule has 2 rings (SSSR count). The van der Waals surface area contributed by atoms with Crippen molar-refractivity contribution in [1.29, 1.82) is 0 Å². The molecule has 0 bridgehead atoms. The largest absolute Gasteiger partial charge is 0.242 e. The zero-order valence-corrected chi connectivity index (χ0v) is 10.8. The van der Waals surface area contributed by atoms with E-state index in [1.807, 2.05) is 6.07 Å². The summed E-state index contributed by atoms with van der Waals surface area (Å²) in [5.41, 5.74) is 1.12. The van der Waals surface area contributed by atoms with Crippen LogP contribution in [0.2, 0.25) is 0 Å². The maximum Gasteiger partial charge on any atom is 0.123 e. The normalized spacial score (nSPS) is 15.6. The highest BCUT2D eigenvalue weighted by Gasteiger charge is 2.19. The smallest absolute Gasteiger partial charge is 0.123 e. The van der Waals surface area contributed by atoms with Gasteiger partial charge in [-0.2, -0.15) is 0 Å². The van der Waals surface area contributed by atoms with Gasteiger partial charge in [0, 0.05) is 23.3 Å².